The third kappa shape index (κ3) is 5.94. The Morgan fingerprint density at radius 2 is 1.88 bits per heavy atom. The van der Waals surface area contributed by atoms with Gasteiger partial charge >= 0.3 is 6.03 Å². The SMILES string of the molecule is COc1ccc(CNC(=O)NCC#Cc2cccc(Cl)c2)cc1OC. The molecule has 2 aromatic rings. The number of hydrogen-bond acceptors (Lipinski definition) is 3. The molecule has 0 aliphatic carbocycles. The lowest BCUT2D eigenvalue weighted by atomic mass is 10.2. The van der Waals surface area contributed by atoms with Crippen LogP contribution < -0.4 is 20.1 Å². The van der Waals surface area contributed by atoms with Crippen molar-refractivity contribution in [1.29, 1.82) is 0 Å². The summed E-state index contributed by atoms with van der Waals surface area (Å²) in [7, 11) is 3.15. The van der Waals surface area contributed by atoms with Gasteiger partial charge in [-0.3, -0.25) is 0 Å². The van der Waals surface area contributed by atoms with Crippen molar-refractivity contribution in [3.05, 3.63) is 58.6 Å². The van der Waals surface area contributed by atoms with Gasteiger partial charge < -0.3 is 20.1 Å². The van der Waals surface area contributed by atoms with Crippen LogP contribution in [0, 0.1) is 11.8 Å². The monoisotopic (exact) mass is 358 g/mol. The highest BCUT2D eigenvalue weighted by Crippen LogP contribution is 2.27. The van der Waals surface area contributed by atoms with Crippen molar-refractivity contribution in [2.75, 3.05) is 20.8 Å². The summed E-state index contributed by atoms with van der Waals surface area (Å²) in [4.78, 5) is 11.8. The Labute approximate surface area is 152 Å². The lowest BCUT2D eigenvalue weighted by Gasteiger charge is -2.10. The summed E-state index contributed by atoms with van der Waals surface area (Å²) < 4.78 is 10.4. The molecule has 0 atom stereocenters. The molecule has 0 aliphatic heterocycles. The first-order chi connectivity index (χ1) is 12.1. The lowest BCUT2D eigenvalue weighted by molar-refractivity contribution is 0.241. The summed E-state index contributed by atoms with van der Waals surface area (Å²) in [5.74, 6) is 7.07. The number of ether oxygens (including phenoxy) is 2. The Kier molecular flexibility index (Phi) is 7.00. The first-order valence-electron chi connectivity index (χ1n) is 7.59. The Morgan fingerprint density at radius 3 is 2.60 bits per heavy atom. The van der Waals surface area contributed by atoms with Gasteiger partial charge in [-0.05, 0) is 35.9 Å². The van der Waals surface area contributed by atoms with E-state index in [-0.39, 0.29) is 12.6 Å². The van der Waals surface area contributed by atoms with E-state index in [1.54, 1.807) is 32.4 Å². The molecule has 6 heteroatoms. The van der Waals surface area contributed by atoms with Gasteiger partial charge in [-0.1, -0.05) is 35.6 Å². The molecular weight excluding hydrogens is 340 g/mol. The summed E-state index contributed by atoms with van der Waals surface area (Å²) in [5, 5.41) is 6.07. The molecule has 0 aliphatic rings. The van der Waals surface area contributed by atoms with Crippen molar-refractivity contribution >= 4 is 17.6 Å². The maximum atomic E-state index is 11.8. The fourth-order valence-electron chi connectivity index (χ4n) is 2.07. The zero-order valence-electron chi connectivity index (χ0n) is 14.1. The number of rotatable bonds is 5. The van der Waals surface area contributed by atoms with E-state index in [2.05, 4.69) is 22.5 Å². The van der Waals surface area contributed by atoms with E-state index in [9.17, 15) is 4.79 Å². The molecule has 2 N–H and O–H groups in total. The van der Waals surface area contributed by atoms with Gasteiger partial charge in [0.2, 0.25) is 0 Å². The molecule has 25 heavy (non-hydrogen) atoms. The third-order valence-electron chi connectivity index (χ3n) is 3.30. The highest BCUT2D eigenvalue weighted by Gasteiger charge is 2.05. The number of nitrogens with one attached hydrogen (secondary N) is 2. The van der Waals surface area contributed by atoms with E-state index >= 15 is 0 Å². The fraction of sp³-hybridized carbons (Fsp3) is 0.211. The van der Waals surface area contributed by atoms with Crippen LogP contribution in [-0.4, -0.2) is 26.8 Å². The second-order valence-electron chi connectivity index (χ2n) is 5.04. The quantitative estimate of drug-likeness (QED) is 0.807. The number of urea groups is 1. The fourth-order valence-corrected chi connectivity index (χ4v) is 2.26. The highest BCUT2D eigenvalue weighted by molar-refractivity contribution is 6.30. The molecule has 0 saturated carbocycles. The van der Waals surface area contributed by atoms with Crippen molar-refractivity contribution in [3.63, 3.8) is 0 Å². The van der Waals surface area contributed by atoms with Crippen LogP contribution in [0.4, 0.5) is 4.79 Å². The predicted octanol–water partition coefficient (Wildman–Crippen LogP) is 3.21. The lowest BCUT2D eigenvalue weighted by Crippen LogP contribution is -2.35. The molecule has 0 saturated heterocycles. The van der Waals surface area contributed by atoms with Crippen molar-refractivity contribution in [2.24, 2.45) is 0 Å². The van der Waals surface area contributed by atoms with Gasteiger partial charge in [-0.15, -0.1) is 0 Å². The molecule has 0 radical (unpaired) electrons. The van der Waals surface area contributed by atoms with Gasteiger partial charge in [-0.2, -0.15) is 0 Å². The molecule has 130 valence electrons. The first kappa shape index (κ1) is 18.5. The van der Waals surface area contributed by atoms with Crippen molar-refractivity contribution in [3.8, 4) is 23.3 Å². The van der Waals surface area contributed by atoms with Crippen molar-refractivity contribution in [1.82, 2.24) is 10.6 Å². The minimum absolute atomic E-state index is 0.240. The Morgan fingerprint density at radius 1 is 1.08 bits per heavy atom. The molecule has 2 aromatic carbocycles. The number of carbonyl (C=O) groups is 1. The Bertz CT molecular complexity index is 797. The third-order valence-corrected chi connectivity index (χ3v) is 3.53. The molecule has 2 amide bonds. The topological polar surface area (TPSA) is 59.6 Å². The number of methoxy groups -OCH3 is 2. The molecule has 0 spiro atoms. The van der Waals surface area contributed by atoms with Gasteiger partial charge in [0.15, 0.2) is 11.5 Å². The molecule has 0 fully saturated rings. The average molecular weight is 359 g/mol. The molecule has 5 nitrogen and oxygen atoms in total. The van der Waals surface area contributed by atoms with E-state index < -0.39 is 0 Å². The second-order valence-corrected chi connectivity index (χ2v) is 5.47. The van der Waals surface area contributed by atoms with Crippen molar-refractivity contribution < 1.29 is 14.3 Å². The van der Waals surface area contributed by atoms with Gasteiger partial charge in [0, 0.05) is 17.1 Å². The van der Waals surface area contributed by atoms with Crippen LogP contribution in [0.5, 0.6) is 11.5 Å². The van der Waals surface area contributed by atoms with E-state index in [1.807, 2.05) is 24.3 Å². The molecule has 0 bridgehead atoms. The van der Waals surface area contributed by atoms with E-state index in [1.165, 1.54) is 0 Å². The van der Waals surface area contributed by atoms with Gasteiger partial charge in [0.1, 0.15) is 0 Å². The first-order valence-corrected chi connectivity index (χ1v) is 7.97. The number of hydrogen-bond donors (Lipinski definition) is 2. The van der Waals surface area contributed by atoms with Crippen LogP contribution in [0.3, 0.4) is 0 Å². The minimum atomic E-state index is -0.296. The highest BCUT2D eigenvalue weighted by atomic mass is 35.5. The zero-order chi connectivity index (χ0) is 18.1. The molecule has 0 unspecified atom stereocenters. The van der Waals surface area contributed by atoms with E-state index in [4.69, 9.17) is 21.1 Å². The summed E-state index contributed by atoms with van der Waals surface area (Å²) in [5.41, 5.74) is 1.71. The van der Waals surface area contributed by atoms with Crippen LogP contribution in [0.2, 0.25) is 5.02 Å². The van der Waals surface area contributed by atoms with Gasteiger partial charge in [0.05, 0.1) is 20.8 Å². The van der Waals surface area contributed by atoms with Crippen molar-refractivity contribution in [2.45, 2.75) is 6.54 Å². The molecule has 2 rings (SSSR count). The molecule has 0 aromatic heterocycles. The minimum Gasteiger partial charge on any atom is -0.493 e. The molecular formula is C19H19ClN2O3. The summed E-state index contributed by atoms with van der Waals surface area (Å²) in [6.07, 6.45) is 0. The van der Waals surface area contributed by atoms with Crippen LogP contribution in [0.15, 0.2) is 42.5 Å². The van der Waals surface area contributed by atoms with Crippen LogP contribution in [0.25, 0.3) is 0 Å². The smallest absolute Gasteiger partial charge is 0.315 e. The largest absolute Gasteiger partial charge is 0.493 e. The van der Waals surface area contributed by atoms with Crippen LogP contribution in [0.1, 0.15) is 11.1 Å². The Hall–Kier alpha value is -2.84. The normalized spacial score (nSPS) is 9.56. The maximum absolute atomic E-state index is 11.8. The maximum Gasteiger partial charge on any atom is 0.315 e. The van der Waals surface area contributed by atoms with E-state index in [0.29, 0.717) is 23.1 Å². The van der Waals surface area contributed by atoms with Gasteiger partial charge in [0.25, 0.3) is 0 Å². The van der Waals surface area contributed by atoms with Crippen LogP contribution >= 0.6 is 11.6 Å². The van der Waals surface area contributed by atoms with Gasteiger partial charge in [-0.25, -0.2) is 4.79 Å². The number of amides is 2. The summed E-state index contributed by atoms with van der Waals surface area (Å²) >= 11 is 5.88. The summed E-state index contributed by atoms with van der Waals surface area (Å²) in [6, 6.07) is 12.4. The summed E-state index contributed by atoms with van der Waals surface area (Å²) in [6.45, 7) is 0.609. The number of benzene rings is 2. The molecule has 0 heterocycles. The average Bonchev–Trinajstić information content (AvgIpc) is 2.63. The predicted molar refractivity (Wildman–Crippen MR) is 98.1 cm³/mol. The number of carbonyl (C=O) groups excluding carboxylic acids is 1. The standard InChI is InChI=1S/C19H19ClN2O3/c1-24-17-9-8-15(12-18(17)25-2)13-22-19(23)21-10-4-6-14-5-3-7-16(20)11-14/h3,5,7-9,11-12H,10,13H2,1-2H3,(H2,21,22,23). The van der Waals surface area contributed by atoms with E-state index in [0.717, 1.165) is 11.1 Å². The Balaban J connectivity index is 1.79. The van der Waals surface area contributed by atoms with Crippen LogP contribution in [-0.2, 0) is 6.54 Å². The number of halogens is 1. The zero-order valence-corrected chi connectivity index (χ0v) is 14.8. The second kappa shape index (κ2) is 9.45.